The topological polar surface area (TPSA) is 50.4 Å². The van der Waals surface area contributed by atoms with Crippen LogP contribution in [0.5, 0.6) is 5.75 Å². The first-order valence-corrected chi connectivity index (χ1v) is 5.72. The molecule has 0 spiro atoms. The lowest BCUT2D eigenvalue weighted by molar-refractivity contribution is -0.119. The molecule has 0 aromatic heterocycles. The van der Waals surface area contributed by atoms with Crippen LogP contribution < -0.4 is 15.4 Å². The number of amides is 1. The van der Waals surface area contributed by atoms with Crippen LogP contribution >= 0.6 is 0 Å². The van der Waals surface area contributed by atoms with Gasteiger partial charge in [0.15, 0.2) is 0 Å². The van der Waals surface area contributed by atoms with Crippen LogP contribution in [0, 0.1) is 0 Å². The van der Waals surface area contributed by atoms with Crippen molar-refractivity contribution >= 4 is 11.6 Å². The van der Waals surface area contributed by atoms with E-state index >= 15 is 0 Å². The van der Waals surface area contributed by atoms with E-state index < -0.39 is 6.61 Å². The van der Waals surface area contributed by atoms with Crippen LogP contribution in [0.4, 0.5) is 14.5 Å². The zero-order chi connectivity index (χ0) is 13.0. The van der Waals surface area contributed by atoms with Crippen molar-refractivity contribution in [2.75, 3.05) is 11.9 Å². The molecule has 1 amide bonds. The third kappa shape index (κ3) is 3.87. The van der Waals surface area contributed by atoms with Gasteiger partial charge in [-0.3, -0.25) is 4.79 Å². The first-order valence-electron chi connectivity index (χ1n) is 5.72. The number of rotatable bonds is 6. The van der Waals surface area contributed by atoms with Crippen LogP contribution in [0.15, 0.2) is 24.3 Å². The average molecular weight is 256 g/mol. The lowest BCUT2D eigenvalue weighted by atomic mass is 10.3. The maximum Gasteiger partial charge on any atom is 0.387 e. The minimum atomic E-state index is -2.88. The fourth-order valence-electron chi connectivity index (χ4n) is 1.49. The van der Waals surface area contributed by atoms with E-state index in [1.807, 2.05) is 0 Å². The molecule has 0 atom stereocenters. The van der Waals surface area contributed by atoms with Gasteiger partial charge in [-0.1, -0.05) is 12.1 Å². The van der Waals surface area contributed by atoms with Crippen LogP contribution in [-0.2, 0) is 4.79 Å². The SMILES string of the molecule is O=C(CNc1ccccc1OC(F)F)NC1CC1. The van der Waals surface area contributed by atoms with E-state index in [0.717, 1.165) is 12.8 Å². The van der Waals surface area contributed by atoms with Crippen molar-refractivity contribution in [2.45, 2.75) is 25.5 Å². The lowest BCUT2D eigenvalue weighted by Crippen LogP contribution is -2.31. The van der Waals surface area contributed by atoms with Gasteiger partial charge in [-0.15, -0.1) is 0 Å². The number of ether oxygens (including phenoxy) is 1. The lowest BCUT2D eigenvalue weighted by Gasteiger charge is -2.12. The van der Waals surface area contributed by atoms with Crippen LogP contribution in [0.25, 0.3) is 0 Å². The number of carbonyl (C=O) groups excluding carboxylic acids is 1. The maximum absolute atomic E-state index is 12.2. The molecule has 1 aromatic carbocycles. The predicted molar refractivity (Wildman–Crippen MR) is 62.7 cm³/mol. The Balaban J connectivity index is 1.88. The number of benzene rings is 1. The van der Waals surface area contributed by atoms with Gasteiger partial charge >= 0.3 is 6.61 Å². The molecule has 4 nitrogen and oxygen atoms in total. The minimum Gasteiger partial charge on any atom is -0.433 e. The molecule has 98 valence electrons. The molecule has 0 radical (unpaired) electrons. The van der Waals surface area contributed by atoms with Gasteiger partial charge in [0.05, 0.1) is 12.2 Å². The third-order valence-electron chi connectivity index (χ3n) is 2.48. The summed E-state index contributed by atoms with van der Waals surface area (Å²) in [5.41, 5.74) is 0.378. The standard InChI is InChI=1S/C12H14F2N2O2/c13-12(14)18-10-4-2-1-3-9(10)15-7-11(17)16-8-5-6-8/h1-4,8,12,15H,5-7H2,(H,16,17). The normalized spacial score (nSPS) is 14.4. The largest absolute Gasteiger partial charge is 0.433 e. The Morgan fingerprint density at radius 3 is 2.78 bits per heavy atom. The third-order valence-corrected chi connectivity index (χ3v) is 2.48. The summed E-state index contributed by atoms with van der Waals surface area (Å²) in [6.07, 6.45) is 2.02. The minimum absolute atomic E-state index is 0.0340. The molecular weight excluding hydrogens is 242 g/mol. The van der Waals surface area contributed by atoms with E-state index in [4.69, 9.17) is 0 Å². The Morgan fingerprint density at radius 1 is 1.39 bits per heavy atom. The molecule has 0 heterocycles. The smallest absolute Gasteiger partial charge is 0.387 e. The van der Waals surface area contributed by atoms with E-state index in [0.29, 0.717) is 5.69 Å². The van der Waals surface area contributed by atoms with Crippen molar-refractivity contribution in [1.29, 1.82) is 0 Å². The Labute approximate surface area is 103 Å². The summed E-state index contributed by atoms with van der Waals surface area (Å²) in [5.74, 6) is -0.115. The molecule has 0 unspecified atom stereocenters. The molecule has 6 heteroatoms. The fourth-order valence-corrected chi connectivity index (χ4v) is 1.49. The molecule has 1 saturated carbocycles. The molecule has 1 aromatic rings. The highest BCUT2D eigenvalue weighted by Gasteiger charge is 2.23. The Morgan fingerprint density at radius 2 is 2.11 bits per heavy atom. The number of nitrogens with one attached hydrogen (secondary N) is 2. The van der Waals surface area contributed by atoms with Gasteiger partial charge in [0.25, 0.3) is 0 Å². The number of halogens is 2. The predicted octanol–water partition coefficient (Wildman–Crippen LogP) is 1.98. The van der Waals surface area contributed by atoms with Crippen molar-refractivity contribution in [1.82, 2.24) is 5.32 Å². The van der Waals surface area contributed by atoms with Crippen LogP contribution in [0.1, 0.15) is 12.8 Å². The Kier molecular flexibility index (Phi) is 3.96. The number of carbonyl (C=O) groups is 1. The zero-order valence-electron chi connectivity index (χ0n) is 9.66. The first-order chi connectivity index (χ1) is 8.65. The van der Waals surface area contributed by atoms with E-state index in [1.54, 1.807) is 18.2 Å². The van der Waals surface area contributed by atoms with Crippen LogP contribution in [-0.4, -0.2) is 25.1 Å². The van der Waals surface area contributed by atoms with Gasteiger partial charge in [0.1, 0.15) is 5.75 Å². The Hall–Kier alpha value is -1.85. The van der Waals surface area contributed by atoms with E-state index in [2.05, 4.69) is 15.4 Å². The quantitative estimate of drug-likeness (QED) is 0.818. The summed E-state index contributed by atoms with van der Waals surface area (Å²) in [7, 11) is 0. The molecule has 0 saturated heterocycles. The van der Waals surface area contributed by atoms with Crippen LogP contribution in [0.2, 0.25) is 0 Å². The van der Waals surface area contributed by atoms with Gasteiger partial charge < -0.3 is 15.4 Å². The summed E-state index contributed by atoms with van der Waals surface area (Å²) in [5, 5.41) is 5.58. The van der Waals surface area contributed by atoms with Gasteiger partial charge in [-0.05, 0) is 25.0 Å². The van der Waals surface area contributed by atoms with Gasteiger partial charge in [-0.2, -0.15) is 8.78 Å². The van der Waals surface area contributed by atoms with Crippen molar-refractivity contribution in [2.24, 2.45) is 0 Å². The van der Waals surface area contributed by atoms with E-state index in [1.165, 1.54) is 6.07 Å². The first kappa shape index (κ1) is 12.6. The number of alkyl halides is 2. The van der Waals surface area contributed by atoms with Gasteiger partial charge in [0.2, 0.25) is 5.91 Å². The second kappa shape index (κ2) is 5.66. The zero-order valence-corrected chi connectivity index (χ0v) is 9.66. The highest BCUT2D eigenvalue weighted by Crippen LogP contribution is 2.25. The van der Waals surface area contributed by atoms with Crippen molar-refractivity contribution in [3.05, 3.63) is 24.3 Å². The summed E-state index contributed by atoms with van der Waals surface area (Å²) in [6, 6.07) is 6.56. The van der Waals surface area contributed by atoms with E-state index in [-0.39, 0.29) is 24.2 Å². The number of para-hydroxylation sites is 2. The second-order valence-corrected chi connectivity index (χ2v) is 4.07. The number of hydrogen-bond acceptors (Lipinski definition) is 3. The monoisotopic (exact) mass is 256 g/mol. The maximum atomic E-state index is 12.2. The highest BCUT2D eigenvalue weighted by atomic mass is 19.3. The van der Waals surface area contributed by atoms with Crippen molar-refractivity contribution in [3.63, 3.8) is 0 Å². The number of anilines is 1. The van der Waals surface area contributed by atoms with Crippen molar-refractivity contribution < 1.29 is 18.3 Å². The molecule has 1 fully saturated rings. The molecule has 18 heavy (non-hydrogen) atoms. The average Bonchev–Trinajstić information content (AvgIpc) is 3.11. The molecular formula is C12H14F2N2O2. The van der Waals surface area contributed by atoms with Gasteiger partial charge in [0, 0.05) is 6.04 Å². The molecule has 0 aliphatic heterocycles. The summed E-state index contributed by atoms with van der Waals surface area (Å²) >= 11 is 0. The summed E-state index contributed by atoms with van der Waals surface area (Å²) in [6.45, 7) is -2.84. The molecule has 2 N–H and O–H groups in total. The van der Waals surface area contributed by atoms with Crippen LogP contribution in [0.3, 0.4) is 0 Å². The van der Waals surface area contributed by atoms with Gasteiger partial charge in [-0.25, -0.2) is 0 Å². The second-order valence-electron chi connectivity index (χ2n) is 4.07. The van der Waals surface area contributed by atoms with E-state index in [9.17, 15) is 13.6 Å². The summed E-state index contributed by atoms with van der Waals surface area (Å²) in [4.78, 5) is 11.4. The molecule has 2 rings (SSSR count). The number of hydrogen-bond donors (Lipinski definition) is 2. The highest BCUT2D eigenvalue weighted by molar-refractivity contribution is 5.81. The Bertz CT molecular complexity index is 422. The fraction of sp³-hybridized carbons (Fsp3) is 0.417. The molecule has 1 aliphatic carbocycles. The molecule has 1 aliphatic rings. The molecule has 0 bridgehead atoms. The van der Waals surface area contributed by atoms with Crippen molar-refractivity contribution in [3.8, 4) is 5.75 Å². The summed E-state index contributed by atoms with van der Waals surface area (Å²) < 4.78 is 28.6.